The van der Waals surface area contributed by atoms with Gasteiger partial charge < -0.3 is 5.11 Å². The van der Waals surface area contributed by atoms with Crippen LogP contribution in [-0.2, 0) is 9.84 Å². The summed E-state index contributed by atoms with van der Waals surface area (Å²) in [4.78, 5) is 2.12. The zero-order chi connectivity index (χ0) is 10.3. The Balaban J connectivity index is 1.99. The van der Waals surface area contributed by atoms with Crippen LogP contribution in [0.5, 0.6) is 0 Å². The standard InChI is InChI=1S/C9H17NO3S/c1-7-4-10(5-9(7)11)8-2-3-14(12,13)6-8/h7-9,11H,2-6H2,1H3. The van der Waals surface area contributed by atoms with Gasteiger partial charge in [0.1, 0.15) is 0 Å². The van der Waals surface area contributed by atoms with Gasteiger partial charge in [0.25, 0.3) is 0 Å². The predicted octanol–water partition coefficient (Wildman–Crippen LogP) is -0.514. The lowest BCUT2D eigenvalue weighted by molar-refractivity contribution is 0.143. The second kappa shape index (κ2) is 3.47. The molecule has 2 aliphatic rings. The van der Waals surface area contributed by atoms with E-state index in [1.165, 1.54) is 0 Å². The smallest absolute Gasteiger partial charge is 0.151 e. The number of aliphatic hydroxyl groups is 1. The van der Waals surface area contributed by atoms with Crippen LogP contribution in [0.1, 0.15) is 13.3 Å². The molecular formula is C9H17NO3S. The average molecular weight is 219 g/mol. The van der Waals surface area contributed by atoms with Crippen LogP contribution in [0.4, 0.5) is 0 Å². The summed E-state index contributed by atoms with van der Waals surface area (Å²) in [7, 11) is -2.79. The molecule has 0 aliphatic carbocycles. The molecule has 3 atom stereocenters. The third-order valence-corrected chi connectivity index (χ3v) is 5.08. The SMILES string of the molecule is CC1CN(C2CCS(=O)(=O)C2)CC1O. The maximum atomic E-state index is 11.3. The molecule has 4 nitrogen and oxygen atoms in total. The van der Waals surface area contributed by atoms with E-state index in [2.05, 4.69) is 4.90 Å². The van der Waals surface area contributed by atoms with Gasteiger partial charge in [0.2, 0.25) is 0 Å². The lowest BCUT2D eigenvalue weighted by Crippen LogP contribution is -2.34. The Hall–Kier alpha value is -0.130. The first-order valence-electron chi connectivity index (χ1n) is 5.10. The van der Waals surface area contributed by atoms with Gasteiger partial charge in [-0.25, -0.2) is 8.42 Å². The fraction of sp³-hybridized carbons (Fsp3) is 1.00. The highest BCUT2D eigenvalue weighted by Crippen LogP contribution is 2.24. The van der Waals surface area contributed by atoms with Crippen molar-refractivity contribution in [2.75, 3.05) is 24.6 Å². The van der Waals surface area contributed by atoms with Crippen LogP contribution in [0.25, 0.3) is 0 Å². The van der Waals surface area contributed by atoms with Crippen LogP contribution >= 0.6 is 0 Å². The first-order valence-corrected chi connectivity index (χ1v) is 6.92. The average Bonchev–Trinajstić information content (AvgIpc) is 2.57. The lowest BCUT2D eigenvalue weighted by atomic mass is 10.1. The van der Waals surface area contributed by atoms with E-state index >= 15 is 0 Å². The van der Waals surface area contributed by atoms with Gasteiger partial charge >= 0.3 is 0 Å². The molecule has 1 N–H and O–H groups in total. The van der Waals surface area contributed by atoms with Crippen molar-refractivity contribution in [3.8, 4) is 0 Å². The van der Waals surface area contributed by atoms with Crippen molar-refractivity contribution in [3.63, 3.8) is 0 Å². The Morgan fingerprint density at radius 1 is 1.36 bits per heavy atom. The molecule has 0 saturated carbocycles. The van der Waals surface area contributed by atoms with Crippen LogP contribution in [0, 0.1) is 5.92 Å². The monoisotopic (exact) mass is 219 g/mol. The van der Waals surface area contributed by atoms with E-state index in [-0.39, 0.29) is 23.8 Å². The Kier molecular flexibility index (Phi) is 2.57. The number of hydrogen-bond acceptors (Lipinski definition) is 4. The second-order valence-corrected chi connectivity index (χ2v) is 6.78. The summed E-state index contributed by atoms with van der Waals surface area (Å²) in [6, 6.07) is 0.152. The summed E-state index contributed by atoms with van der Waals surface area (Å²) in [5.41, 5.74) is 0. The lowest BCUT2D eigenvalue weighted by Gasteiger charge is -2.21. The van der Waals surface area contributed by atoms with E-state index in [1.54, 1.807) is 0 Å². The summed E-state index contributed by atoms with van der Waals surface area (Å²) in [6.45, 7) is 3.48. The molecule has 2 fully saturated rings. The van der Waals surface area contributed by atoms with Crippen LogP contribution in [0.2, 0.25) is 0 Å². The molecule has 3 unspecified atom stereocenters. The number of likely N-dealkylation sites (tertiary alicyclic amines) is 1. The van der Waals surface area contributed by atoms with Crippen LogP contribution < -0.4 is 0 Å². The molecule has 0 radical (unpaired) electrons. The number of rotatable bonds is 1. The number of β-amino-alcohol motifs (C(OH)–C–C–N with tert-alkyl or cyclic N) is 1. The molecule has 2 aliphatic heterocycles. The maximum Gasteiger partial charge on any atom is 0.151 e. The Morgan fingerprint density at radius 3 is 2.50 bits per heavy atom. The number of hydrogen-bond donors (Lipinski definition) is 1. The molecule has 0 spiro atoms. The highest BCUT2D eigenvalue weighted by molar-refractivity contribution is 7.91. The third kappa shape index (κ3) is 1.94. The van der Waals surface area contributed by atoms with E-state index < -0.39 is 9.84 Å². The zero-order valence-electron chi connectivity index (χ0n) is 8.39. The normalized spacial score (nSPS) is 43.1. The van der Waals surface area contributed by atoms with Crippen molar-refractivity contribution in [3.05, 3.63) is 0 Å². The molecule has 82 valence electrons. The fourth-order valence-electron chi connectivity index (χ4n) is 2.35. The van der Waals surface area contributed by atoms with Gasteiger partial charge in [0.15, 0.2) is 9.84 Å². The van der Waals surface area contributed by atoms with Gasteiger partial charge in [-0.05, 0) is 12.3 Å². The summed E-state index contributed by atoms with van der Waals surface area (Å²) in [6.07, 6.45) is 0.459. The molecule has 14 heavy (non-hydrogen) atoms. The number of aliphatic hydroxyl groups excluding tert-OH is 1. The highest BCUT2D eigenvalue weighted by atomic mass is 32.2. The van der Waals surface area contributed by atoms with Crippen LogP contribution in [0.3, 0.4) is 0 Å². The van der Waals surface area contributed by atoms with E-state index in [0.717, 1.165) is 13.0 Å². The summed E-state index contributed by atoms with van der Waals surface area (Å²) >= 11 is 0. The Bertz CT molecular complexity index is 304. The second-order valence-electron chi connectivity index (χ2n) is 4.56. The highest BCUT2D eigenvalue weighted by Gasteiger charge is 2.37. The summed E-state index contributed by atoms with van der Waals surface area (Å²) < 4.78 is 22.5. The molecule has 2 saturated heterocycles. The number of sulfone groups is 1. The van der Waals surface area contributed by atoms with Crippen LogP contribution in [-0.4, -0.2) is 55.2 Å². The Morgan fingerprint density at radius 2 is 2.07 bits per heavy atom. The molecule has 0 aromatic heterocycles. The Labute approximate surface area is 84.8 Å². The van der Waals surface area contributed by atoms with Gasteiger partial charge in [-0.3, -0.25) is 4.90 Å². The van der Waals surface area contributed by atoms with Crippen molar-refractivity contribution < 1.29 is 13.5 Å². The molecule has 0 aromatic rings. The van der Waals surface area contributed by atoms with Crippen molar-refractivity contribution in [1.29, 1.82) is 0 Å². The largest absolute Gasteiger partial charge is 0.391 e. The van der Waals surface area contributed by atoms with Gasteiger partial charge in [0.05, 0.1) is 17.6 Å². The first-order chi connectivity index (χ1) is 6.48. The van der Waals surface area contributed by atoms with E-state index in [0.29, 0.717) is 12.3 Å². The van der Waals surface area contributed by atoms with Gasteiger partial charge in [-0.15, -0.1) is 0 Å². The van der Waals surface area contributed by atoms with Gasteiger partial charge in [-0.1, -0.05) is 6.92 Å². The van der Waals surface area contributed by atoms with Crippen molar-refractivity contribution in [2.24, 2.45) is 5.92 Å². The first kappa shape index (κ1) is 10.4. The van der Waals surface area contributed by atoms with Gasteiger partial charge in [0, 0.05) is 19.1 Å². The molecule has 0 aromatic carbocycles. The molecule has 2 heterocycles. The predicted molar refractivity (Wildman–Crippen MR) is 53.8 cm³/mol. The maximum absolute atomic E-state index is 11.3. The molecular weight excluding hydrogens is 202 g/mol. The molecule has 5 heteroatoms. The molecule has 0 bridgehead atoms. The van der Waals surface area contributed by atoms with E-state index in [1.807, 2.05) is 6.92 Å². The number of nitrogens with zero attached hydrogens (tertiary/aromatic N) is 1. The van der Waals surface area contributed by atoms with Crippen LogP contribution in [0.15, 0.2) is 0 Å². The summed E-state index contributed by atoms with van der Waals surface area (Å²) in [5.74, 6) is 0.878. The van der Waals surface area contributed by atoms with Gasteiger partial charge in [-0.2, -0.15) is 0 Å². The molecule has 2 rings (SSSR count). The van der Waals surface area contributed by atoms with Crippen molar-refractivity contribution >= 4 is 9.84 Å². The van der Waals surface area contributed by atoms with Crippen molar-refractivity contribution in [2.45, 2.75) is 25.5 Å². The quantitative estimate of drug-likeness (QED) is 0.645. The topological polar surface area (TPSA) is 57.6 Å². The zero-order valence-corrected chi connectivity index (χ0v) is 9.20. The minimum absolute atomic E-state index is 0.152. The minimum Gasteiger partial charge on any atom is -0.391 e. The fourth-order valence-corrected chi connectivity index (χ4v) is 4.11. The van der Waals surface area contributed by atoms with Crippen molar-refractivity contribution in [1.82, 2.24) is 4.90 Å². The summed E-state index contributed by atoms with van der Waals surface area (Å²) in [5, 5.41) is 9.57. The molecule has 0 amide bonds. The van der Waals surface area contributed by atoms with E-state index in [4.69, 9.17) is 0 Å². The third-order valence-electron chi connectivity index (χ3n) is 3.33. The minimum atomic E-state index is -2.79. The van der Waals surface area contributed by atoms with E-state index in [9.17, 15) is 13.5 Å².